The third-order valence-corrected chi connectivity index (χ3v) is 2.64. The monoisotopic (exact) mass is 228 g/mol. The normalized spacial score (nSPS) is 10.5. The van der Waals surface area contributed by atoms with Gasteiger partial charge in [-0.25, -0.2) is 4.98 Å². The SMILES string of the molecule is CCc1nc(-c2cc(C)cc(C)c2)cc(=O)[nH]1. The minimum absolute atomic E-state index is 0.0917. The van der Waals surface area contributed by atoms with Gasteiger partial charge in [-0.2, -0.15) is 0 Å². The lowest BCUT2D eigenvalue weighted by Gasteiger charge is -2.05. The molecule has 17 heavy (non-hydrogen) atoms. The number of H-pyrrole nitrogens is 1. The molecule has 0 unspecified atom stereocenters. The van der Waals surface area contributed by atoms with Gasteiger partial charge < -0.3 is 4.98 Å². The third kappa shape index (κ3) is 2.61. The van der Waals surface area contributed by atoms with Crippen LogP contribution >= 0.6 is 0 Å². The van der Waals surface area contributed by atoms with Crippen molar-refractivity contribution < 1.29 is 0 Å². The van der Waals surface area contributed by atoms with Crippen molar-refractivity contribution >= 4 is 0 Å². The van der Waals surface area contributed by atoms with Crippen molar-refractivity contribution in [3.05, 3.63) is 51.6 Å². The van der Waals surface area contributed by atoms with Crippen molar-refractivity contribution in [2.24, 2.45) is 0 Å². The maximum atomic E-state index is 11.5. The van der Waals surface area contributed by atoms with Crippen LogP contribution in [0.2, 0.25) is 0 Å². The van der Waals surface area contributed by atoms with Gasteiger partial charge in [0.15, 0.2) is 0 Å². The fraction of sp³-hybridized carbons (Fsp3) is 0.286. The van der Waals surface area contributed by atoms with Crippen LogP contribution in [0.4, 0.5) is 0 Å². The molecule has 0 saturated carbocycles. The number of nitrogens with zero attached hydrogens (tertiary/aromatic N) is 1. The van der Waals surface area contributed by atoms with E-state index >= 15 is 0 Å². The van der Waals surface area contributed by atoms with Gasteiger partial charge in [0.2, 0.25) is 0 Å². The van der Waals surface area contributed by atoms with Gasteiger partial charge in [-0.05, 0) is 26.0 Å². The lowest BCUT2D eigenvalue weighted by Crippen LogP contribution is -2.10. The first-order valence-electron chi connectivity index (χ1n) is 5.77. The zero-order valence-corrected chi connectivity index (χ0v) is 10.4. The highest BCUT2D eigenvalue weighted by atomic mass is 16.1. The third-order valence-electron chi connectivity index (χ3n) is 2.64. The van der Waals surface area contributed by atoms with Crippen molar-refractivity contribution in [2.75, 3.05) is 0 Å². The van der Waals surface area contributed by atoms with Crippen molar-refractivity contribution in [3.63, 3.8) is 0 Å². The van der Waals surface area contributed by atoms with Crippen LogP contribution in [-0.4, -0.2) is 9.97 Å². The van der Waals surface area contributed by atoms with Crippen molar-refractivity contribution in [3.8, 4) is 11.3 Å². The van der Waals surface area contributed by atoms with Crippen LogP contribution in [0.1, 0.15) is 23.9 Å². The van der Waals surface area contributed by atoms with E-state index < -0.39 is 0 Å². The second kappa shape index (κ2) is 4.53. The summed E-state index contributed by atoms with van der Waals surface area (Å²) in [6.45, 7) is 6.07. The van der Waals surface area contributed by atoms with E-state index in [0.717, 1.165) is 23.5 Å². The van der Waals surface area contributed by atoms with Gasteiger partial charge in [-0.1, -0.05) is 24.1 Å². The number of aromatic nitrogens is 2. The van der Waals surface area contributed by atoms with Crippen LogP contribution in [-0.2, 0) is 6.42 Å². The first-order chi connectivity index (χ1) is 8.08. The van der Waals surface area contributed by atoms with E-state index in [2.05, 4.69) is 16.0 Å². The molecule has 2 aromatic rings. The van der Waals surface area contributed by atoms with E-state index in [0.29, 0.717) is 0 Å². The lowest BCUT2D eigenvalue weighted by molar-refractivity contribution is 0.924. The smallest absolute Gasteiger partial charge is 0.251 e. The molecule has 0 atom stereocenters. The molecule has 0 spiro atoms. The van der Waals surface area contributed by atoms with E-state index in [1.54, 1.807) is 6.07 Å². The number of benzene rings is 1. The van der Waals surface area contributed by atoms with Crippen LogP contribution in [0.3, 0.4) is 0 Å². The van der Waals surface area contributed by atoms with E-state index in [1.807, 2.05) is 32.9 Å². The number of aromatic amines is 1. The predicted octanol–water partition coefficient (Wildman–Crippen LogP) is 2.62. The molecule has 0 saturated heterocycles. The molecule has 0 fully saturated rings. The number of hydrogen-bond donors (Lipinski definition) is 1. The standard InChI is InChI=1S/C14H16N2O/c1-4-13-15-12(8-14(17)16-13)11-6-9(2)5-10(3)7-11/h5-8H,4H2,1-3H3,(H,15,16,17). The average molecular weight is 228 g/mol. The maximum absolute atomic E-state index is 11.5. The van der Waals surface area contributed by atoms with Gasteiger partial charge in [0, 0.05) is 18.1 Å². The van der Waals surface area contributed by atoms with Gasteiger partial charge in [-0.15, -0.1) is 0 Å². The molecule has 0 aliphatic carbocycles. The van der Waals surface area contributed by atoms with Crippen LogP contribution in [0.25, 0.3) is 11.3 Å². The highest BCUT2D eigenvalue weighted by molar-refractivity contribution is 5.60. The molecule has 3 heteroatoms. The molecule has 0 aliphatic rings. The molecule has 88 valence electrons. The molecule has 0 radical (unpaired) electrons. The predicted molar refractivity (Wildman–Crippen MR) is 69.1 cm³/mol. The highest BCUT2D eigenvalue weighted by Gasteiger charge is 2.04. The summed E-state index contributed by atoms with van der Waals surface area (Å²) in [5.41, 5.74) is 4.02. The van der Waals surface area contributed by atoms with Gasteiger partial charge >= 0.3 is 0 Å². The Labute approximate surface area is 101 Å². The molecule has 0 amide bonds. The van der Waals surface area contributed by atoms with Crippen molar-refractivity contribution in [2.45, 2.75) is 27.2 Å². The number of rotatable bonds is 2. The summed E-state index contributed by atoms with van der Waals surface area (Å²) < 4.78 is 0. The summed E-state index contributed by atoms with van der Waals surface area (Å²) in [5, 5.41) is 0. The fourth-order valence-corrected chi connectivity index (χ4v) is 1.95. The molecular formula is C14H16N2O. The Morgan fingerprint density at radius 3 is 2.35 bits per heavy atom. The summed E-state index contributed by atoms with van der Waals surface area (Å²) >= 11 is 0. The van der Waals surface area contributed by atoms with E-state index in [1.165, 1.54) is 11.1 Å². The van der Waals surface area contributed by atoms with Gasteiger partial charge in [0.25, 0.3) is 5.56 Å². The van der Waals surface area contributed by atoms with Crippen LogP contribution in [0, 0.1) is 13.8 Å². The molecule has 1 aromatic heterocycles. The molecule has 3 nitrogen and oxygen atoms in total. The van der Waals surface area contributed by atoms with Crippen molar-refractivity contribution in [1.82, 2.24) is 9.97 Å². The zero-order valence-electron chi connectivity index (χ0n) is 10.4. The summed E-state index contributed by atoms with van der Waals surface area (Å²) in [6.07, 6.45) is 0.730. The first-order valence-corrected chi connectivity index (χ1v) is 5.77. The Hall–Kier alpha value is -1.90. The molecule has 2 rings (SSSR count). The quantitative estimate of drug-likeness (QED) is 0.858. The van der Waals surface area contributed by atoms with Gasteiger partial charge in [0.1, 0.15) is 5.82 Å². The van der Waals surface area contributed by atoms with Crippen LogP contribution < -0.4 is 5.56 Å². The second-order valence-corrected chi connectivity index (χ2v) is 4.31. The topological polar surface area (TPSA) is 45.8 Å². The molecule has 1 heterocycles. The molecule has 1 N–H and O–H groups in total. The largest absolute Gasteiger partial charge is 0.311 e. The Morgan fingerprint density at radius 1 is 1.12 bits per heavy atom. The summed E-state index contributed by atoms with van der Waals surface area (Å²) in [7, 11) is 0. The summed E-state index contributed by atoms with van der Waals surface area (Å²) in [4.78, 5) is 18.7. The molecule has 1 aromatic carbocycles. The second-order valence-electron chi connectivity index (χ2n) is 4.31. The minimum Gasteiger partial charge on any atom is -0.311 e. The van der Waals surface area contributed by atoms with Crippen LogP contribution in [0.15, 0.2) is 29.1 Å². The maximum Gasteiger partial charge on any atom is 0.251 e. The Kier molecular flexibility index (Phi) is 3.09. The highest BCUT2D eigenvalue weighted by Crippen LogP contribution is 2.19. The average Bonchev–Trinajstić information content (AvgIpc) is 2.26. The summed E-state index contributed by atoms with van der Waals surface area (Å²) in [5.74, 6) is 0.728. The summed E-state index contributed by atoms with van der Waals surface area (Å²) in [6, 6.07) is 7.76. The lowest BCUT2D eigenvalue weighted by atomic mass is 10.0. The number of nitrogens with one attached hydrogen (secondary N) is 1. The van der Waals surface area contributed by atoms with E-state index in [9.17, 15) is 4.79 Å². The van der Waals surface area contributed by atoms with E-state index in [-0.39, 0.29) is 5.56 Å². The van der Waals surface area contributed by atoms with Gasteiger partial charge in [0.05, 0.1) is 5.69 Å². The van der Waals surface area contributed by atoms with E-state index in [4.69, 9.17) is 0 Å². The zero-order chi connectivity index (χ0) is 12.4. The molecule has 0 aliphatic heterocycles. The number of hydrogen-bond acceptors (Lipinski definition) is 2. The fourth-order valence-electron chi connectivity index (χ4n) is 1.95. The van der Waals surface area contributed by atoms with Crippen LogP contribution in [0.5, 0.6) is 0 Å². The Morgan fingerprint density at radius 2 is 1.76 bits per heavy atom. The first kappa shape index (κ1) is 11.6. The van der Waals surface area contributed by atoms with Gasteiger partial charge in [-0.3, -0.25) is 4.79 Å². The Bertz CT molecular complexity index is 579. The molecular weight excluding hydrogens is 212 g/mol. The minimum atomic E-state index is -0.0917. The molecule has 0 bridgehead atoms. The van der Waals surface area contributed by atoms with Crippen molar-refractivity contribution in [1.29, 1.82) is 0 Å². The number of aryl methyl sites for hydroxylation is 3. The Balaban J connectivity index is 2.59.